The highest BCUT2D eigenvalue weighted by molar-refractivity contribution is 7.99. The normalized spacial score (nSPS) is 22.3. The second-order valence-electron chi connectivity index (χ2n) is 5.42. The van der Waals surface area contributed by atoms with Crippen molar-refractivity contribution >= 4 is 11.8 Å². The largest absolute Gasteiger partial charge is 0.291 e. The van der Waals surface area contributed by atoms with Crippen LogP contribution in [0.2, 0.25) is 0 Å². The lowest BCUT2D eigenvalue weighted by atomic mass is 10.2. The summed E-state index contributed by atoms with van der Waals surface area (Å²) in [4.78, 5) is 2.48. The molecular weight excluding hydrogens is 230 g/mol. The molecule has 2 aliphatic heterocycles. The smallest absolute Gasteiger partial charge is 0.0810 e. The van der Waals surface area contributed by atoms with Gasteiger partial charge in [-0.25, -0.2) is 0 Å². The molecule has 0 aliphatic carbocycles. The van der Waals surface area contributed by atoms with E-state index in [0.29, 0.717) is 12.1 Å². The molecule has 0 saturated carbocycles. The Balaban J connectivity index is 1.73. The Morgan fingerprint density at radius 1 is 1.29 bits per heavy atom. The summed E-state index contributed by atoms with van der Waals surface area (Å²) in [6.45, 7) is 6.66. The minimum absolute atomic E-state index is 0.628. The monoisotopic (exact) mass is 251 g/mol. The average molecular weight is 251 g/mol. The molecule has 0 N–H and O–H groups in total. The van der Waals surface area contributed by atoms with Gasteiger partial charge < -0.3 is 0 Å². The lowest BCUT2D eigenvalue weighted by Gasteiger charge is -2.23. The molecule has 1 aromatic heterocycles. The third-order valence-corrected chi connectivity index (χ3v) is 4.97. The summed E-state index contributed by atoms with van der Waals surface area (Å²) in [6.07, 6.45) is 4.89. The van der Waals surface area contributed by atoms with Crippen molar-refractivity contribution < 1.29 is 0 Å². The summed E-state index contributed by atoms with van der Waals surface area (Å²) in [7, 11) is 0. The molecule has 1 fully saturated rings. The maximum absolute atomic E-state index is 4.81. The topological polar surface area (TPSA) is 21.1 Å². The van der Waals surface area contributed by atoms with Crippen molar-refractivity contribution in [3.63, 3.8) is 0 Å². The summed E-state index contributed by atoms with van der Waals surface area (Å²) in [6, 6.07) is 1.29. The van der Waals surface area contributed by atoms with Crippen molar-refractivity contribution in [3.8, 4) is 0 Å². The predicted molar refractivity (Wildman–Crippen MR) is 72.2 cm³/mol. The van der Waals surface area contributed by atoms with Crippen LogP contribution in [-0.4, -0.2) is 32.2 Å². The highest BCUT2D eigenvalue weighted by atomic mass is 32.2. The zero-order chi connectivity index (χ0) is 11.8. The van der Waals surface area contributed by atoms with E-state index in [1.807, 2.05) is 0 Å². The Bertz CT molecular complexity index is 370. The molecule has 0 aromatic carbocycles. The molecule has 17 heavy (non-hydrogen) atoms. The van der Waals surface area contributed by atoms with Crippen LogP contribution < -0.4 is 0 Å². The third kappa shape index (κ3) is 2.25. The average Bonchev–Trinajstić information content (AvgIpc) is 2.87. The van der Waals surface area contributed by atoms with E-state index in [4.69, 9.17) is 5.10 Å². The molecule has 1 aromatic rings. The molecule has 3 heterocycles. The first-order valence-electron chi connectivity index (χ1n) is 6.62. The van der Waals surface area contributed by atoms with Crippen LogP contribution >= 0.6 is 11.8 Å². The van der Waals surface area contributed by atoms with E-state index < -0.39 is 0 Å². The van der Waals surface area contributed by atoms with Crippen LogP contribution in [0.15, 0.2) is 6.20 Å². The third-order valence-electron chi connectivity index (χ3n) is 3.92. The summed E-state index contributed by atoms with van der Waals surface area (Å²) in [5.74, 6) is 2.60. The van der Waals surface area contributed by atoms with Gasteiger partial charge in [0.25, 0.3) is 0 Å². The maximum Gasteiger partial charge on any atom is 0.0810 e. The molecule has 3 nitrogen and oxygen atoms in total. The van der Waals surface area contributed by atoms with Gasteiger partial charge in [0, 0.05) is 30.9 Å². The van der Waals surface area contributed by atoms with Gasteiger partial charge in [0.1, 0.15) is 0 Å². The summed E-state index contributed by atoms with van der Waals surface area (Å²) >= 11 is 2.08. The first-order valence-corrected chi connectivity index (χ1v) is 7.78. The Morgan fingerprint density at radius 2 is 2.06 bits per heavy atom. The van der Waals surface area contributed by atoms with Crippen molar-refractivity contribution in [2.24, 2.45) is 0 Å². The van der Waals surface area contributed by atoms with Gasteiger partial charge in [-0.2, -0.15) is 16.9 Å². The molecule has 0 bridgehead atoms. The second kappa shape index (κ2) is 4.65. The molecule has 1 saturated heterocycles. The number of aromatic nitrogens is 2. The number of nitrogens with zero attached hydrogens (tertiary/aromatic N) is 3. The zero-order valence-corrected chi connectivity index (χ0v) is 11.5. The van der Waals surface area contributed by atoms with Crippen molar-refractivity contribution in [1.82, 2.24) is 14.7 Å². The van der Waals surface area contributed by atoms with E-state index in [-0.39, 0.29) is 0 Å². The summed E-state index contributed by atoms with van der Waals surface area (Å²) in [5, 5.41) is 4.81. The van der Waals surface area contributed by atoms with Crippen molar-refractivity contribution in [3.05, 3.63) is 17.5 Å². The van der Waals surface area contributed by atoms with E-state index in [1.54, 1.807) is 0 Å². The van der Waals surface area contributed by atoms with Gasteiger partial charge in [0.15, 0.2) is 0 Å². The molecule has 0 radical (unpaired) electrons. The Labute approximate surface area is 108 Å². The van der Waals surface area contributed by atoms with E-state index in [0.717, 1.165) is 13.1 Å². The Kier molecular flexibility index (Phi) is 3.17. The predicted octanol–water partition coefficient (Wildman–Crippen LogP) is 2.68. The fraction of sp³-hybridized carbons (Fsp3) is 0.769. The van der Waals surface area contributed by atoms with Crippen LogP contribution in [-0.2, 0) is 13.1 Å². The summed E-state index contributed by atoms with van der Waals surface area (Å²) < 4.78 is 2.25. The van der Waals surface area contributed by atoms with E-state index in [1.165, 1.54) is 35.6 Å². The Hall–Kier alpha value is -0.480. The number of rotatable bonds is 2. The number of thioether (sulfide) groups is 1. The molecule has 3 rings (SSSR count). The molecule has 0 atom stereocenters. The lowest BCUT2D eigenvalue weighted by molar-refractivity contribution is 0.222. The highest BCUT2D eigenvalue weighted by Gasteiger charge is 2.26. The van der Waals surface area contributed by atoms with Crippen LogP contribution in [0.4, 0.5) is 0 Å². The molecule has 4 heteroatoms. The zero-order valence-electron chi connectivity index (χ0n) is 10.7. The van der Waals surface area contributed by atoms with Gasteiger partial charge in [0.05, 0.1) is 11.7 Å². The molecular formula is C13H21N3S. The molecule has 0 amide bonds. The lowest BCUT2D eigenvalue weighted by Crippen LogP contribution is -2.25. The molecule has 0 spiro atoms. The standard InChI is InChI=1S/C13H21N3S/c1-10(2)15-7-11-8-16(14-13(11)9-15)12-3-5-17-6-4-12/h8,10,12H,3-7,9H2,1-2H3. The minimum Gasteiger partial charge on any atom is -0.291 e. The van der Waals surface area contributed by atoms with Crippen LogP contribution in [0.5, 0.6) is 0 Å². The van der Waals surface area contributed by atoms with Gasteiger partial charge in [0.2, 0.25) is 0 Å². The maximum atomic E-state index is 4.81. The van der Waals surface area contributed by atoms with Gasteiger partial charge in [-0.3, -0.25) is 9.58 Å². The van der Waals surface area contributed by atoms with Crippen LogP contribution in [0.25, 0.3) is 0 Å². The molecule has 0 unspecified atom stereocenters. The van der Waals surface area contributed by atoms with Crippen molar-refractivity contribution in [1.29, 1.82) is 0 Å². The molecule has 94 valence electrons. The summed E-state index contributed by atoms with van der Waals surface area (Å²) in [5.41, 5.74) is 2.77. The first-order chi connectivity index (χ1) is 8.24. The highest BCUT2D eigenvalue weighted by Crippen LogP contribution is 2.30. The van der Waals surface area contributed by atoms with Gasteiger partial charge in [-0.1, -0.05) is 0 Å². The van der Waals surface area contributed by atoms with Crippen LogP contribution in [0.3, 0.4) is 0 Å². The van der Waals surface area contributed by atoms with Crippen molar-refractivity contribution in [2.75, 3.05) is 11.5 Å². The van der Waals surface area contributed by atoms with Gasteiger partial charge in [-0.05, 0) is 38.2 Å². The van der Waals surface area contributed by atoms with E-state index in [9.17, 15) is 0 Å². The SMILES string of the molecule is CC(C)N1Cc2cn(C3CCSCC3)nc2C1. The first kappa shape index (κ1) is 11.6. The van der Waals surface area contributed by atoms with Gasteiger partial charge >= 0.3 is 0 Å². The van der Waals surface area contributed by atoms with E-state index >= 15 is 0 Å². The van der Waals surface area contributed by atoms with Gasteiger partial charge in [-0.15, -0.1) is 0 Å². The fourth-order valence-corrected chi connectivity index (χ4v) is 3.78. The van der Waals surface area contributed by atoms with Crippen molar-refractivity contribution in [2.45, 2.75) is 51.9 Å². The van der Waals surface area contributed by atoms with Crippen LogP contribution in [0.1, 0.15) is 44.0 Å². The second-order valence-corrected chi connectivity index (χ2v) is 6.65. The number of hydrogen-bond donors (Lipinski definition) is 0. The quantitative estimate of drug-likeness (QED) is 0.806. The fourth-order valence-electron chi connectivity index (χ4n) is 2.70. The number of hydrogen-bond acceptors (Lipinski definition) is 3. The Morgan fingerprint density at radius 3 is 2.71 bits per heavy atom. The number of fused-ring (bicyclic) bond motifs is 1. The van der Waals surface area contributed by atoms with E-state index in [2.05, 4.69) is 41.4 Å². The minimum atomic E-state index is 0.628. The molecule has 2 aliphatic rings. The van der Waals surface area contributed by atoms with Crippen LogP contribution in [0, 0.1) is 0 Å².